The monoisotopic (exact) mass is 386 g/mol. The minimum absolute atomic E-state index is 0.322. The number of piperazine rings is 1. The Balaban J connectivity index is 1.55. The molecule has 5 nitrogen and oxygen atoms in total. The summed E-state index contributed by atoms with van der Waals surface area (Å²) in [4.78, 5) is 15.8. The van der Waals surface area contributed by atoms with Gasteiger partial charge >= 0.3 is 6.09 Å². The molecule has 0 aromatic heterocycles. The van der Waals surface area contributed by atoms with Crippen LogP contribution in [-0.4, -0.2) is 42.8 Å². The van der Waals surface area contributed by atoms with Gasteiger partial charge in [-0.05, 0) is 38.5 Å². The first-order chi connectivity index (χ1) is 13.3. The maximum atomic E-state index is 14.6. The first-order valence-electron chi connectivity index (χ1n) is 9.51. The summed E-state index contributed by atoms with van der Waals surface area (Å²) in [6.07, 6.45) is -0.322. The SMILES string of the molecule is CC(C)(C)OC(=O)N1CCN(c2ccc(OCc3ccccc3)cc2F)CC1. The summed E-state index contributed by atoms with van der Waals surface area (Å²) in [5, 5.41) is 0. The van der Waals surface area contributed by atoms with Gasteiger partial charge in [0, 0.05) is 32.2 Å². The van der Waals surface area contributed by atoms with Crippen molar-refractivity contribution < 1.29 is 18.7 Å². The molecule has 0 atom stereocenters. The smallest absolute Gasteiger partial charge is 0.410 e. The average molecular weight is 386 g/mol. The van der Waals surface area contributed by atoms with Gasteiger partial charge in [0.1, 0.15) is 23.8 Å². The minimum atomic E-state index is -0.518. The third kappa shape index (κ3) is 5.38. The van der Waals surface area contributed by atoms with E-state index in [0.717, 1.165) is 5.56 Å². The summed E-state index contributed by atoms with van der Waals surface area (Å²) < 4.78 is 25.7. The number of benzene rings is 2. The number of hydrogen-bond donors (Lipinski definition) is 0. The number of halogens is 1. The van der Waals surface area contributed by atoms with Crippen LogP contribution in [0.15, 0.2) is 48.5 Å². The van der Waals surface area contributed by atoms with Gasteiger partial charge in [-0.15, -0.1) is 0 Å². The van der Waals surface area contributed by atoms with Crippen LogP contribution < -0.4 is 9.64 Å². The molecule has 0 radical (unpaired) electrons. The van der Waals surface area contributed by atoms with E-state index in [1.54, 1.807) is 17.0 Å². The van der Waals surface area contributed by atoms with Crippen LogP contribution in [0.1, 0.15) is 26.3 Å². The highest BCUT2D eigenvalue weighted by Gasteiger charge is 2.26. The van der Waals surface area contributed by atoms with Crippen molar-refractivity contribution in [2.24, 2.45) is 0 Å². The Kier molecular flexibility index (Phi) is 6.07. The van der Waals surface area contributed by atoms with Crippen LogP contribution in [0.4, 0.5) is 14.9 Å². The summed E-state index contributed by atoms with van der Waals surface area (Å²) >= 11 is 0. The van der Waals surface area contributed by atoms with Crippen LogP contribution in [0.3, 0.4) is 0 Å². The number of carbonyl (C=O) groups is 1. The van der Waals surface area contributed by atoms with Crippen molar-refractivity contribution in [3.8, 4) is 5.75 Å². The van der Waals surface area contributed by atoms with E-state index in [1.165, 1.54) is 6.07 Å². The van der Waals surface area contributed by atoms with Crippen molar-refractivity contribution in [3.05, 3.63) is 59.9 Å². The van der Waals surface area contributed by atoms with Gasteiger partial charge in [-0.1, -0.05) is 30.3 Å². The van der Waals surface area contributed by atoms with Crippen LogP contribution in [0.25, 0.3) is 0 Å². The van der Waals surface area contributed by atoms with E-state index in [0.29, 0.717) is 44.2 Å². The lowest BCUT2D eigenvalue weighted by molar-refractivity contribution is 0.0240. The highest BCUT2D eigenvalue weighted by molar-refractivity contribution is 5.68. The molecular formula is C22H27FN2O3. The third-order valence-corrected chi connectivity index (χ3v) is 4.44. The molecule has 1 aliphatic heterocycles. The van der Waals surface area contributed by atoms with Gasteiger partial charge in [0.05, 0.1) is 5.69 Å². The molecule has 6 heteroatoms. The largest absolute Gasteiger partial charge is 0.489 e. The third-order valence-electron chi connectivity index (χ3n) is 4.44. The zero-order valence-electron chi connectivity index (χ0n) is 16.7. The fourth-order valence-corrected chi connectivity index (χ4v) is 3.03. The Labute approximate surface area is 165 Å². The van der Waals surface area contributed by atoms with Gasteiger partial charge < -0.3 is 19.3 Å². The number of ether oxygens (including phenoxy) is 2. The maximum absolute atomic E-state index is 14.6. The molecule has 2 aromatic rings. The highest BCUT2D eigenvalue weighted by atomic mass is 19.1. The van der Waals surface area contributed by atoms with Crippen LogP contribution >= 0.6 is 0 Å². The Bertz CT molecular complexity index is 797. The maximum Gasteiger partial charge on any atom is 0.410 e. The molecule has 1 aliphatic rings. The molecule has 0 unspecified atom stereocenters. The zero-order valence-corrected chi connectivity index (χ0v) is 16.7. The molecule has 0 saturated carbocycles. The fraction of sp³-hybridized carbons (Fsp3) is 0.409. The molecule has 2 aromatic carbocycles. The molecule has 3 rings (SSSR count). The average Bonchev–Trinajstić information content (AvgIpc) is 2.66. The summed E-state index contributed by atoms with van der Waals surface area (Å²) in [5.41, 5.74) is 1.04. The van der Waals surface area contributed by atoms with E-state index in [1.807, 2.05) is 56.0 Å². The molecule has 1 fully saturated rings. The summed E-state index contributed by atoms with van der Waals surface area (Å²) in [6, 6.07) is 14.7. The van der Waals surface area contributed by atoms with Crippen molar-refractivity contribution in [2.75, 3.05) is 31.1 Å². The molecule has 0 bridgehead atoms. The van der Waals surface area contributed by atoms with E-state index < -0.39 is 5.60 Å². The van der Waals surface area contributed by atoms with Gasteiger partial charge in [-0.25, -0.2) is 9.18 Å². The molecule has 1 amide bonds. The predicted molar refractivity (Wildman–Crippen MR) is 107 cm³/mol. The van der Waals surface area contributed by atoms with Crippen molar-refractivity contribution in [3.63, 3.8) is 0 Å². The predicted octanol–water partition coefficient (Wildman–Crippen LogP) is 4.46. The van der Waals surface area contributed by atoms with Gasteiger partial charge in [0.25, 0.3) is 0 Å². The molecule has 1 heterocycles. The fourth-order valence-electron chi connectivity index (χ4n) is 3.03. The molecule has 0 N–H and O–H groups in total. The number of amides is 1. The molecule has 28 heavy (non-hydrogen) atoms. The van der Waals surface area contributed by atoms with Gasteiger partial charge in [-0.2, -0.15) is 0 Å². The van der Waals surface area contributed by atoms with E-state index in [4.69, 9.17) is 9.47 Å². The van der Waals surface area contributed by atoms with Gasteiger partial charge in [0.15, 0.2) is 0 Å². The number of nitrogens with zero attached hydrogens (tertiary/aromatic N) is 2. The Morgan fingerprint density at radius 3 is 2.32 bits per heavy atom. The molecule has 150 valence electrons. The molecule has 0 spiro atoms. The van der Waals surface area contributed by atoms with Crippen molar-refractivity contribution in [2.45, 2.75) is 33.0 Å². The molecule has 0 aliphatic carbocycles. The summed E-state index contributed by atoms with van der Waals surface area (Å²) in [7, 11) is 0. The number of carbonyl (C=O) groups excluding carboxylic acids is 1. The second kappa shape index (κ2) is 8.50. The van der Waals surface area contributed by atoms with Crippen LogP contribution in [-0.2, 0) is 11.3 Å². The number of rotatable bonds is 4. The zero-order chi connectivity index (χ0) is 20.1. The van der Waals surface area contributed by atoms with Gasteiger partial charge in [0.2, 0.25) is 0 Å². The lowest BCUT2D eigenvalue weighted by atomic mass is 10.2. The van der Waals surface area contributed by atoms with Crippen molar-refractivity contribution in [1.29, 1.82) is 0 Å². The second-order valence-corrected chi connectivity index (χ2v) is 7.84. The number of hydrogen-bond acceptors (Lipinski definition) is 4. The van der Waals surface area contributed by atoms with E-state index in [2.05, 4.69) is 0 Å². The topological polar surface area (TPSA) is 42.0 Å². The standard InChI is InChI=1S/C22H27FN2O3/c1-22(2,3)28-21(26)25-13-11-24(12-14-25)20-10-9-18(15-19(20)23)27-16-17-7-5-4-6-8-17/h4-10,15H,11-14,16H2,1-3H3. The minimum Gasteiger partial charge on any atom is -0.489 e. The van der Waals surface area contributed by atoms with E-state index in [-0.39, 0.29) is 11.9 Å². The van der Waals surface area contributed by atoms with Crippen LogP contribution in [0, 0.1) is 5.82 Å². The van der Waals surface area contributed by atoms with Crippen LogP contribution in [0.5, 0.6) is 5.75 Å². The summed E-state index contributed by atoms with van der Waals surface area (Å²) in [5.74, 6) is 0.175. The van der Waals surface area contributed by atoms with Crippen molar-refractivity contribution in [1.82, 2.24) is 4.90 Å². The Morgan fingerprint density at radius 1 is 1.04 bits per heavy atom. The quantitative estimate of drug-likeness (QED) is 0.778. The highest BCUT2D eigenvalue weighted by Crippen LogP contribution is 2.26. The molecular weight excluding hydrogens is 359 g/mol. The van der Waals surface area contributed by atoms with Crippen molar-refractivity contribution >= 4 is 11.8 Å². The molecule has 1 saturated heterocycles. The summed E-state index contributed by atoms with van der Waals surface area (Å²) in [6.45, 7) is 8.05. The van der Waals surface area contributed by atoms with E-state index >= 15 is 0 Å². The van der Waals surface area contributed by atoms with Gasteiger partial charge in [-0.3, -0.25) is 0 Å². The lowest BCUT2D eigenvalue weighted by Gasteiger charge is -2.36. The van der Waals surface area contributed by atoms with Crippen LogP contribution in [0.2, 0.25) is 0 Å². The number of anilines is 1. The lowest BCUT2D eigenvalue weighted by Crippen LogP contribution is -2.50. The Morgan fingerprint density at radius 2 is 1.71 bits per heavy atom. The normalized spacial score (nSPS) is 14.7. The first-order valence-corrected chi connectivity index (χ1v) is 9.51. The Hall–Kier alpha value is -2.76. The second-order valence-electron chi connectivity index (χ2n) is 7.84. The van der Waals surface area contributed by atoms with E-state index in [9.17, 15) is 9.18 Å². The first kappa shape index (κ1) is 20.0.